The van der Waals surface area contributed by atoms with Gasteiger partial charge in [0.05, 0.1) is 0 Å². The molecule has 1 heterocycles. The van der Waals surface area contributed by atoms with E-state index in [4.69, 9.17) is 0 Å². The van der Waals surface area contributed by atoms with Crippen LogP contribution in [0.2, 0.25) is 0 Å². The Kier molecular flexibility index (Phi) is 5.45. The lowest BCUT2D eigenvalue weighted by Crippen LogP contribution is -2.51. The molecule has 0 spiro atoms. The summed E-state index contributed by atoms with van der Waals surface area (Å²) in [6.07, 6.45) is 4.87. The summed E-state index contributed by atoms with van der Waals surface area (Å²) in [5.74, 6) is 1.18. The van der Waals surface area contributed by atoms with Crippen LogP contribution >= 0.6 is 0 Å². The SMILES string of the molecule is CC1CCC(NS(=O)(=O)N2CCCC(CO)C2)C(C)C1. The number of aliphatic hydroxyl groups is 1. The zero-order valence-electron chi connectivity index (χ0n) is 12.6. The Morgan fingerprint density at radius 2 is 2.00 bits per heavy atom. The van der Waals surface area contributed by atoms with Gasteiger partial charge in [-0.05, 0) is 49.9 Å². The van der Waals surface area contributed by atoms with Gasteiger partial charge in [0, 0.05) is 25.7 Å². The average Bonchev–Trinajstić information content (AvgIpc) is 2.42. The summed E-state index contributed by atoms with van der Waals surface area (Å²) in [6.45, 7) is 5.46. The molecular formula is C14H28N2O3S. The number of hydrogen-bond acceptors (Lipinski definition) is 3. The summed E-state index contributed by atoms with van der Waals surface area (Å²) < 4.78 is 29.4. The second kappa shape index (κ2) is 6.73. The number of hydrogen-bond donors (Lipinski definition) is 2. The molecule has 2 rings (SSSR count). The number of rotatable bonds is 4. The van der Waals surface area contributed by atoms with E-state index in [1.54, 1.807) is 0 Å². The molecule has 2 aliphatic rings. The molecule has 2 N–H and O–H groups in total. The second-order valence-electron chi connectivity index (χ2n) is 6.67. The zero-order valence-corrected chi connectivity index (χ0v) is 13.4. The third-order valence-electron chi connectivity index (χ3n) is 4.81. The van der Waals surface area contributed by atoms with E-state index in [0.29, 0.717) is 24.9 Å². The average molecular weight is 304 g/mol. The maximum absolute atomic E-state index is 12.5. The normalized spacial score (nSPS) is 37.0. The molecule has 0 aromatic rings. The molecule has 1 saturated carbocycles. The predicted octanol–water partition coefficient (Wildman–Crippen LogP) is 1.35. The molecule has 4 unspecified atom stereocenters. The lowest BCUT2D eigenvalue weighted by molar-refractivity contribution is 0.163. The molecule has 1 saturated heterocycles. The third kappa shape index (κ3) is 3.93. The summed E-state index contributed by atoms with van der Waals surface area (Å²) in [6, 6.07) is 0.0608. The van der Waals surface area contributed by atoms with Crippen LogP contribution in [0.1, 0.15) is 46.0 Å². The van der Waals surface area contributed by atoms with Crippen molar-refractivity contribution in [3.8, 4) is 0 Å². The fraction of sp³-hybridized carbons (Fsp3) is 1.00. The highest BCUT2D eigenvalue weighted by Gasteiger charge is 2.33. The van der Waals surface area contributed by atoms with Crippen LogP contribution < -0.4 is 4.72 Å². The monoisotopic (exact) mass is 304 g/mol. The molecule has 2 fully saturated rings. The Labute approximate surface area is 122 Å². The molecule has 0 radical (unpaired) electrons. The van der Waals surface area contributed by atoms with Gasteiger partial charge in [0.15, 0.2) is 0 Å². The van der Waals surface area contributed by atoms with E-state index in [2.05, 4.69) is 18.6 Å². The lowest BCUT2D eigenvalue weighted by atomic mass is 9.80. The maximum atomic E-state index is 12.5. The van der Waals surface area contributed by atoms with Crippen molar-refractivity contribution in [2.45, 2.75) is 52.0 Å². The first-order valence-corrected chi connectivity index (χ1v) is 9.24. The molecule has 0 aromatic heterocycles. The van der Waals surface area contributed by atoms with Gasteiger partial charge in [-0.25, -0.2) is 0 Å². The number of nitrogens with zero attached hydrogens (tertiary/aromatic N) is 1. The number of piperidine rings is 1. The molecule has 118 valence electrons. The van der Waals surface area contributed by atoms with Gasteiger partial charge in [0.1, 0.15) is 0 Å². The smallest absolute Gasteiger partial charge is 0.279 e. The van der Waals surface area contributed by atoms with E-state index in [9.17, 15) is 13.5 Å². The van der Waals surface area contributed by atoms with Crippen LogP contribution in [0.3, 0.4) is 0 Å². The van der Waals surface area contributed by atoms with Gasteiger partial charge in [-0.2, -0.15) is 17.4 Å². The van der Waals surface area contributed by atoms with Crippen molar-refractivity contribution >= 4 is 10.2 Å². The Hall–Kier alpha value is -0.170. The van der Waals surface area contributed by atoms with Gasteiger partial charge in [0.25, 0.3) is 10.2 Å². The van der Waals surface area contributed by atoms with E-state index >= 15 is 0 Å². The minimum absolute atomic E-state index is 0.0608. The van der Waals surface area contributed by atoms with Crippen molar-refractivity contribution < 1.29 is 13.5 Å². The highest BCUT2D eigenvalue weighted by Crippen LogP contribution is 2.29. The Bertz CT molecular complexity index is 413. The van der Waals surface area contributed by atoms with Crippen LogP contribution in [0.15, 0.2) is 0 Å². The van der Waals surface area contributed by atoms with Crippen molar-refractivity contribution in [1.29, 1.82) is 0 Å². The van der Waals surface area contributed by atoms with Gasteiger partial charge in [0.2, 0.25) is 0 Å². The fourth-order valence-corrected chi connectivity index (χ4v) is 5.16. The fourth-order valence-electron chi connectivity index (χ4n) is 3.50. The first-order valence-electron chi connectivity index (χ1n) is 7.80. The van der Waals surface area contributed by atoms with E-state index in [1.165, 1.54) is 4.31 Å². The summed E-state index contributed by atoms with van der Waals surface area (Å²) in [4.78, 5) is 0. The van der Waals surface area contributed by atoms with Gasteiger partial charge in [-0.3, -0.25) is 0 Å². The molecule has 0 bridgehead atoms. The minimum atomic E-state index is -3.40. The lowest BCUT2D eigenvalue weighted by Gasteiger charge is -2.36. The molecule has 6 heteroatoms. The molecule has 0 aromatic carbocycles. The molecular weight excluding hydrogens is 276 g/mol. The largest absolute Gasteiger partial charge is 0.396 e. The van der Waals surface area contributed by atoms with E-state index in [1.807, 2.05) is 0 Å². The molecule has 4 atom stereocenters. The molecule has 20 heavy (non-hydrogen) atoms. The summed E-state index contributed by atoms with van der Waals surface area (Å²) in [5, 5.41) is 9.23. The Balaban J connectivity index is 1.96. The van der Waals surface area contributed by atoms with Gasteiger partial charge in [-0.1, -0.05) is 13.8 Å². The van der Waals surface area contributed by atoms with Crippen molar-refractivity contribution in [1.82, 2.24) is 9.03 Å². The van der Waals surface area contributed by atoms with Crippen LogP contribution in [0.25, 0.3) is 0 Å². The predicted molar refractivity (Wildman–Crippen MR) is 79.4 cm³/mol. The van der Waals surface area contributed by atoms with Crippen molar-refractivity contribution in [2.24, 2.45) is 17.8 Å². The van der Waals surface area contributed by atoms with E-state index in [0.717, 1.165) is 32.1 Å². The quantitative estimate of drug-likeness (QED) is 0.824. The zero-order chi connectivity index (χ0) is 14.8. The molecule has 1 aliphatic heterocycles. The van der Waals surface area contributed by atoms with Crippen LogP contribution in [-0.4, -0.2) is 43.6 Å². The van der Waals surface area contributed by atoms with Gasteiger partial charge >= 0.3 is 0 Å². The first kappa shape index (κ1) is 16.2. The van der Waals surface area contributed by atoms with E-state index < -0.39 is 10.2 Å². The standard InChI is InChI=1S/C14H28N2O3S/c1-11-5-6-14(12(2)8-11)15-20(18,19)16-7-3-4-13(9-16)10-17/h11-15,17H,3-10H2,1-2H3. The van der Waals surface area contributed by atoms with Crippen LogP contribution in [0.4, 0.5) is 0 Å². The Morgan fingerprint density at radius 1 is 1.25 bits per heavy atom. The third-order valence-corrected chi connectivity index (χ3v) is 6.42. The topological polar surface area (TPSA) is 69.6 Å². The summed E-state index contributed by atoms with van der Waals surface area (Å²) >= 11 is 0. The number of nitrogens with one attached hydrogen (secondary N) is 1. The van der Waals surface area contributed by atoms with Crippen molar-refractivity contribution in [3.05, 3.63) is 0 Å². The Morgan fingerprint density at radius 3 is 2.65 bits per heavy atom. The van der Waals surface area contributed by atoms with Crippen LogP contribution in [0.5, 0.6) is 0 Å². The van der Waals surface area contributed by atoms with Gasteiger partial charge in [-0.15, -0.1) is 0 Å². The minimum Gasteiger partial charge on any atom is -0.396 e. The number of aliphatic hydroxyl groups excluding tert-OH is 1. The molecule has 0 amide bonds. The van der Waals surface area contributed by atoms with Crippen LogP contribution in [0, 0.1) is 17.8 Å². The van der Waals surface area contributed by atoms with E-state index in [-0.39, 0.29) is 18.6 Å². The molecule has 5 nitrogen and oxygen atoms in total. The van der Waals surface area contributed by atoms with Gasteiger partial charge < -0.3 is 5.11 Å². The highest BCUT2D eigenvalue weighted by atomic mass is 32.2. The summed E-state index contributed by atoms with van der Waals surface area (Å²) in [5.41, 5.74) is 0. The van der Waals surface area contributed by atoms with Crippen molar-refractivity contribution in [2.75, 3.05) is 19.7 Å². The molecule has 1 aliphatic carbocycles. The maximum Gasteiger partial charge on any atom is 0.279 e. The first-order chi connectivity index (χ1) is 9.42. The summed E-state index contributed by atoms with van der Waals surface area (Å²) in [7, 11) is -3.40. The van der Waals surface area contributed by atoms with Crippen LogP contribution in [-0.2, 0) is 10.2 Å². The van der Waals surface area contributed by atoms with Crippen molar-refractivity contribution in [3.63, 3.8) is 0 Å². The highest BCUT2D eigenvalue weighted by molar-refractivity contribution is 7.87. The second-order valence-corrected chi connectivity index (χ2v) is 8.38.